The lowest BCUT2D eigenvalue weighted by atomic mass is 9.96. The van der Waals surface area contributed by atoms with Gasteiger partial charge >= 0.3 is 6.03 Å². The van der Waals surface area contributed by atoms with Crippen molar-refractivity contribution in [3.8, 4) is 11.5 Å². The lowest BCUT2D eigenvalue weighted by molar-refractivity contribution is 0.174. The number of methoxy groups -OCH3 is 2. The van der Waals surface area contributed by atoms with Crippen LogP contribution in [-0.4, -0.2) is 44.8 Å². The first kappa shape index (κ1) is 20.9. The highest BCUT2D eigenvalue weighted by Gasteiger charge is 2.20. The molecule has 1 saturated heterocycles. The molecule has 1 aliphatic heterocycles. The van der Waals surface area contributed by atoms with Crippen LogP contribution >= 0.6 is 0 Å². The molecule has 0 radical (unpaired) electrons. The van der Waals surface area contributed by atoms with Crippen molar-refractivity contribution in [2.75, 3.05) is 39.2 Å². The summed E-state index contributed by atoms with van der Waals surface area (Å²) in [7, 11) is 3.13. The van der Waals surface area contributed by atoms with Crippen molar-refractivity contribution in [1.29, 1.82) is 0 Å². The van der Waals surface area contributed by atoms with E-state index in [2.05, 4.69) is 15.5 Å². The van der Waals surface area contributed by atoms with Gasteiger partial charge in [-0.3, -0.25) is 4.90 Å². The summed E-state index contributed by atoms with van der Waals surface area (Å²) in [4.78, 5) is 14.6. The maximum Gasteiger partial charge on any atom is 0.319 e. The van der Waals surface area contributed by atoms with Crippen LogP contribution in [0.3, 0.4) is 0 Å². The molecule has 0 unspecified atom stereocenters. The van der Waals surface area contributed by atoms with Gasteiger partial charge in [0.1, 0.15) is 17.3 Å². The standard InChI is InChI=1S/C22H28FN3O3/c1-28-18-7-8-21(29-2)20(13-18)25-22(27)24-14-16-9-11-26(12-10-16)15-17-5-3-4-6-19(17)23/h3-8,13,16H,9-12,14-15H2,1-2H3,(H2,24,25,27). The Bertz CT molecular complexity index is 823. The van der Waals surface area contributed by atoms with Gasteiger partial charge in [0.05, 0.1) is 19.9 Å². The van der Waals surface area contributed by atoms with Crippen LogP contribution in [0.2, 0.25) is 0 Å². The molecule has 0 atom stereocenters. The fraction of sp³-hybridized carbons (Fsp3) is 0.409. The predicted octanol–water partition coefficient (Wildman–Crippen LogP) is 3.88. The number of hydrogen-bond donors (Lipinski definition) is 2. The first-order chi connectivity index (χ1) is 14.1. The fourth-order valence-corrected chi connectivity index (χ4v) is 3.53. The third kappa shape index (κ3) is 5.84. The topological polar surface area (TPSA) is 62.8 Å². The Labute approximate surface area is 171 Å². The monoisotopic (exact) mass is 401 g/mol. The zero-order valence-corrected chi connectivity index (χ0v) is 16.9. The van der Waals surface area contributed by atoms with E-state index < -0.39 is 0 Å². The Morgan fingerprint density at radius 1 is 1.14 bits per heavy atom. The van der Waals surface area contributed by atoms with Gasteiger partial charge in [-0.15, -0.1) is 0 Å². The highest BCUT2D eigenvalue weighted by Crippen LogP contribution is 2.28. The molecule has 0 saturated carbocycles. The first-order valence-electron chi connectivity index (χ1n) is 9.81. The third-order valence-electron chi connectivity index (χ3n) is 5.27. The van der Waals surface area contributed by atoms with Crippen molar-refractivity contribution >= 4 is 11.7 Å². The van der Waals surface area contributed by atoms with E-state index in [0.29, 0.717) is 36.2 Å². The summed E-state index contributed by atoms with van der Waals surface area (Å²) in [5, 5.41) is 5.75. The summed E-state index contributed by atoms with van der Waals surface area (Å²) < 4.78 is 24.3. The molecule has 0 bridgehead atoms. The third-order valence-corrected chi connectivity index (χ3v) is 5.27. The fourth-order valence-electron chi connectivity index (χ4n) is 3.53. The predicted molar refractivity (Wildman–Crippen MR) is 111 cm³/mol. The minimum absolute atomic E-state index is 0.152. The Hall–Kier alpha value is -2.80. The summed E-state index contributed by atoms with van der Waals surface area (Å²) in [5.74, 6) is 1.47. The van der Waals surface area contributed by atoms with Gasteiger partial charge in [0.15, 0.2) is 0 Å². The van der Waals surface area contributed by atoms with E-state index in [4.69, 9.17) is 9.47 Å². The van der Waals surface area contributed by atoms with Gasteiger partial charge < -0.3 is 20.1 Å². The number of carbonyl (C=O) groups is 1. The molecule has 2 N–H and O–H groups in total. The molecule has 0 aliphatic carbocycles. The van der Waals surface area contributed by atoms with Gasteiger partial charge in [-0.25, -0.2) is 9.18 Å². The minimum atomic E-state index is -0.273. The van der Waals surface area contributed by atoms with E-state index in [9.17, 15) is 9.18 Å². The van der Waals surface area contributed by atoms with E-state index >= 15 is 0 Å². The number of urea groups is 1. The Kier molecular flexibility index (Phi) is 7.30. The van der Waals surface area contributed by atoms with Crippen molar-refractivity contribution < 1.29 is 18.7 Å². The van der Waals surface area contributed by atoms with Crippen LogP contribution in [0.1, 0.15) is 18.4 Å². The Morgan fingerprint density at radius 3 is 2.59 bits per heavy atom. The molecule has 1 aliphatic rings. The Balaban J connectivity index is 1.43. The van der Waals surface area contributed by atoms with E-state index in [0.717, 1.165) is 31.5 Å². The largest absolute Gasteiger partial charge is 0.497 e. The van der Waals surface area contributed by atoms with Gasteiger partial charge in [-0.2, -0.15) is 0 Å². The number of ether oxygens (including phenoxy) is 2. The summed E-state index contributed by atoms with van der Waals surface area (Å²) in [6.45, 7) is 3.02. The zero-order valence-electron chi connectivity index (χ0n) is 16.9. The van der Waals surface area contributed by atoms with Gasteiger partial charge in [0.2, 0.25) is 0 Å². The molecule has 1 fully saturated rings. The SMILES string of the molecule is COc1ccc(OC)c(NC(=O)NCC2CCN(Cc3ccccc3F)CC2)c1. The Morgan fingerprint density at radius 2 is 1.90 bits per heavy atom. The molecule has 0 aromatic heterocycles. The number of hydrogen-bond acceptors (Lipinski definition) is 4. The number of amides is 2. The zero-order chi connectivity index (χ0) is 20.6. The summed E-state index contributed by atoms with van der Waals surface area (Å²) in [5.41, 5.74) is 1.29. The van der Waals surface area contributed by atoms with Crippen LogP contribution in [0, 0.1) is 11.7 Å². The molecular formula is C22H28FN3O3. The normalized spacial score (nSPS) is 15.0. The second-order valence-corrected chi connectivity index (χ2v) is 7.21. The molecule has 2 aromatic rings. The van der Waals surface area contributed by atoms with Crippen LogP contribution < -0.4 is 20.1 Å². The number of rotatable bonds is 7. The first-order valence-corrected chi connectivity index (χ1v) is 9.81. The molecule has 7 heteroatoms. The van der Waals surface area contributed by atoms with Gasteiger partial charge in [0.25, 0.3) is 0 Å². The minimum Gasteiger partial charge on any atom is -0.497 e. The number of anilines is 1. The molecule has 3 rings (SSSR count). The molecule has 0 spiro atoms. The van der Waals surface area contributed by atoms with Crippen LogP contribution in [-0.2, 0) is 6.54 Å². The molecule has 2 amide bonds. The number of nitrogens with one attached hydrogen (secondary N) is 2. The van der Waals surface area contributed by atoms with Crippen LogP contribution in [0.5, 0.6) is 11.5 Å². The number of carbonyl (C=O) groups excluding carboxylic acids is 1. The second-order valence-electron chi connectivity index (χ2n) is 7.21. The molecule has 6 nitrogen and oxygen atoms in total. The number of halogens is 1. The number of benzene rings is 2. The highest BCUT2D eigenvalue weighted by molar-refractivity contribution is 5.91. The average molecular weight is 401 g/mol. The van der Waals surface area contributed by atoms with Crippen LogP contribution in [0.25, 0.3) is 0 Å². The van der Waals surface area contributed by atoms with Gasteiger partial charge in [0, 0.05) is 24.7 Å². The van der Waals surface area contributed by atoms with E-state index in [1.807, 2.05) is 12.1 Å². The molecular weight excluding hydrogens is 373 g/mol. The highest BCUT2D eigenvalue weighted by atomic mass is 19.1. The molecule has 1 heterocycles. The summed E-state index contributed by atoms with van der Waals surface area (Å²) >= 11 is 0. The molecule has 29 heavy (non-hydrogen) atoms. The second kappa shape index (κ2) is 10.1. The molecule has 156 valence electrons. The van der Waals surface area contributed by atoms with E-state index in [-0.39, 0.29) is 11.8 Å². The van der Waals surface area contributed by atoms with Gasteiger partial charge in [-0.1, -0.05) is 18.2 Å². The van der Waals surface area contributed by atoms with Crippen molar-refractivity contribution in [3.05, 3.63) is 53.8 Å². The number of piperidine rings is 1. The average Bonchev–Trinajstić information content (AvgIpc) is 2.75. The lowest BCUT2D eigenvalue weighted by Gasteiger charge is -2.32. The smallest absolute Gasteiger partial charge is 0.319 e. The van der Waals surface area contributed by atoms with Crippen molar-refractivity contribution in [2.45, 2.75) is 19.4 Å². The van der Waals surface area contributed by atoms with Crippen LogP contribution in [0.15, 0.2) is 42.5 Å². The van der Waals surface area contributed by atoms with E-state index in [1.54, 1.807) is 38.5 Å². The molecule has 2 aromatic carbocycles. The lowest BCUT2D eigenvalue weighted by Crippen LogP contribution is -2.39. The van der Waals surface area contributed by atoms with Crippen LogP contribution in [0.4, 0.5) is 14.9 Å². The number of nitrogens with zero attached hydrogens (tertiary/aromatic N) is 1. The van der Waals surface area contributed by atoms with Crippen molar-refractivity contribution in [2.24, 2.45) is 5.92 Å². The summed E-state index contributed by atoms with van der Waals surface area (Å²) in [6.07, 6.45) is 1.94. The van der Waals surface area contributed by atoms with Crippen molar-refractivity contribution in [1.82, 2.24) is 10.2 Å². The maximum atomic E-state index is 13.8. The summed E-state index contributed by atoms with van der Waals surface area (Å²) in [6, 6.07) is 11.9. The van der Waals surface area contributed by atoms with Gasteiger partial charge in [-0.05, 0) is 50.0 Å². The van der Waals surface area contributed by atoms with Crippen molar-refractivity contribution in [3.63, 3.8) is 0 Å². The quantitative estimate of drug-likeness (QED) is 0.739. The van der Waals surface area contributed by atoms with E-state index in [1.165, 1.54) is 6.07 Å². The number of likely N-dealkylation sites (tertiary alicyclic amines) is 1. The maximum absolute atomic E-state index is 13.8.